The summed E-state index contributed by atoms with van der Waals surface area (Å²) < 4.78 is 12.3. The van der Waals surface area contributed by atoms with Gasteiger partial charge in [-0.3, -0.25) is 4.79 Å². The van der Waals surface area contributed by atoms with Crippen LogP contribution >= 0.6 is 0 Å². The summed E-state index contributed by atoms with van der Waals surface area (Å²) in [5, 5.41) is -0.00871. The number of hydrogen-bond acceptors (Lipinski definition) is 4. The number of allylic oxidation sites excluding steroid dienone is 2. The molecule has 0 spiro atoms. The predicted octanol–water partition coefficient (Wildman–Crippen LogP) is 6.76. The molecule has 1 aliphatic heterocycles. The number of carbonyl (C=O) groups is 2. The van der Waals surface area contributed by atoms with Crippen molar-refractivity contribution in [3.63, 3.8) is 0 Å². The Morgan fingerprint density at radius 3 is 2.38 bits per heavy atom. The quantitative estimate of drug-likeness (QED) is 0.271. The van der Waals surface area contributed by atoms with E-state index in [1.54, 1.807) is 0 Å². The van der Waals surface area contributed by atoms with Crippen LogP contribution in [-0.2, 0) is 20.4 Å². The van der Waals surface area contributed by atoms with Crippen molar-refractivity contribution in [2.24, 2.45) is 11.8 Å². The van der Waals surface area contributed by atoms with E-state index in [4.69, 9.17) is 9.16 Å². The van der Waals surface area contributed by atoms with Crippen LogP contribution in [0.4, 0.5) is 4.79 Å². The van der Waals surface area contributed by atoms with E-state index >= 15 is 0 Å². The molecule has 0 aromatic heterocycles. The maximum Gasteiger partial charge on any atom is 0.417 e. The first kappa shape index (κ1) is 28.1. The third-order valence-electron chi connectivity index (χ3n) is 7.84. The minimum absolute atomic E-state index is 0.00871. The van der Waals surface area contributed by atoms with Crippen molar-refractivity contribution in [3.8, 4) is 0 Å². The van der Waals surface area contributed by atoms with Crippen molar-refractivity contribution >= 4 is 20.3 Å². The molecule has 5 nitrogen and oxygen atoms in total. The van der Waals surface area contributed by atoms with Gasteiger partial charge in [0.05, 0.1) is 18.1 Å². The standard InChI is InChI=1S/C28H43NO4Si/c1-10-15-24(25(21(5)11-2)33-34(8,9)28(6,7)20(3)4)26(30)29-23(19-32-27(29)31)18-22-16-13-12-14-17-22/h10-17,20,23-25H,18-19H2,1-9H3/b15-10+,21-11+/t23-,24-,25+/m0/s1. The van der Waals surface area contributed by atoms with E-state index in [0.29, 0.717) is 12.3 Å². The molecule has 34 heavy (non-hydrogen) atoms. The number of hydrogen-bond donors (Lipinski definition) is 0. The number of imide groups is 1. The van der Waals surface area contributed by atoms with Crippen LogP contribution in [0.1, 0.15) is 54.0 Å². The molecule has 2 rings (SSSR count). The second kappa shape index (κ2) is 11.5. The van der Waals surface area contributed by atoms with Crippen LogP contribution in [0.5, 0.6) is 0 Å². The summed E-state index contributed by atoms with van der Waals surface area (Å²) in [6.45, 7) is 19.5. The Labute approximate surface area is 207 Å². The molecule has 1 aliphatic rings. The average molecular weight is 486 g/mol. The second-order valence-corrected chi connectivity index (χ2v) is 15.2. The van der Waals surface area contributed by atoms with E-state index in [1.807, 2.05) is 69.3 Å². The zero-order chi connectivity index (χ0) is 25.7. The molecule has 1 aromatic carbocycles. The maximum atomic E-state index is 14.0. The Bertz CT molecular complexity index is 904. The number of rotatable bonds is 10. The van der Waals surface area contributed by atoms with Crippen LogP contribution < -0.4 is 0 Å². The lowest BCUT2D eigenvalue weighted by Gasteiger charge is -2.45. The highest BCUT2D eigenvalue weighted by atomic mass is 28.4. The van der Waals surface area contributed by atoms with Gasteiger partial charge in [0.15, 0.2) is 8.32 Å². The summed E-state index contributed by atoms with van der Waals surface area (Å²) >= 11 is 0. The number of carbonyl (C=O) groups excluding carboxylic acids is 2. The molecule has 6 heteroatoms. The first-order chi connectivity index (χ1) is 15.9. The minimum Gasteiger partial charge on any atom is -0.447 e. The number of benzene rings is 1. The molecule has 2 amide bonds. The van der Waals surface area contributed by atoms with E-state index in [1.165, 1.54) is 4.90 Å². The third kappa shape index (κ3) is 6.08. The molecule has 1 fully saturated rings. The third-order valence-corrected chi connectivity index (χ3v) is 12.4. The fourth-order valence-corrected chi connectivity index (χ4v) is 6.89. The summed E-state index contributed by atoms with van der Waals surface area (Å²) in [7, 11) is -2.27. The first-order valence-electron chi connectivity index (χ1n) is 12.3. The van der Waals surface area contributed by atoms with Gasteiger partial charge < -0.3 is 9.16 Å². The van der Waals surface area contributed by atoms with E-state index < -0.39 is 26.4 Å². The number of ether oxygens (including phenoxy) is 1. The van der Waals surface area contributed by atoms with Gasteiger partial charge in [0, 0.05) is 0 Å². The van der Waals surface area contributed by atoms with Crippen LogP contribution in [0.2, 0.25) is 18.1 Å². The zero-order valence-corrected chi connectivity index (χ0v) is 23.4. The van der Waals surface area contributed by atoms with Gasteiger partial charge in [0.2, 0.25) is 5.91 Å². The molecule has 0 bridgehead atoms. The fourth-order valence-electron chi connectivity index (χ4n) is 4.23. The Morgan fingerprint density at radius 1 is 1.24 bits per heavy atom. The summed E-state index contributed by atoms with van der Waals surface area (Å²) in [6, 6.07) is 9.56. The monoisotopic (exact) mass is 485 g/mol. The van der Waals surface area contributed by atoms with Crippen LogP contribution in [0.15, 0.2) is 54.1 Å². The van der Waals surface area contributed by atoms with Gasteiger partial charge in [-0.2, -0.15) is 0 Å². The van der Waals surface area contributed by atoms with Crippen molar-refractivity contribution < 1.29 is 18.8 Å². The normalized spacial score (nSPS) is 19.6. The minimum atomic E-state index is -2.27. The summed E-state index contributed by atoms with van der Waals surface area (Å²) in [4.78, 5) is 28.0. The Kier molecular flexibility index (Phi) is 9.49. The van der Waals surface area contributed by atoms with Crippen molar-refractivity contribution in [1.82, 2.24) is 4.90 Å². The molecule has 188 valence electrons. The zero-order valence-electron chi connectivity index (χ0n) is 22.4. The molecule has 0 unspecified atom stereocenters. The molecule has 0 aliphatic carbocycles. The highest BCUT2D eigenvalue weighted by molar-refractivity contribution is 6.74. The topological polar surface area (TPSA) is 55.8 Å². The van der Waals surface area contributed by atoms with Crippen molar-refractivity contribution in [1.29, 1.82) is 0 Å². The average Bonchev–Trinajstić information content (AvgIpc) is 3.15. The molecule has 0 radical (unpaired) electrons. The van der Waals surface area contributed by atoms with Crippen LogP contribution in [0.3, 0.4) is 0 Å². The smallest absolute Gasteiger partial charge is 0.417 e. The van der Waals surface area contributed by atoms with E-state index in [9.17, 15) is 9.59 Å². The molecular formula is C28H43NO4Si. The Balaban J connectivity index is 2.42. The highest BCUT2D eigenvalue weighted by Gasteiger charge is 2.48. The summed E-state index contributed by atoms with van der Waals surface area (Å²) in [6.07, 6.45) is 5.30. The summed E-state index contributed by atoms with van der Waals surface area (Å²) in [5.41, 5.74) is 2.06. The van der Waals surface area contributed by atoms with Crippen LogP contribution in [-0.4, -0.2) is 44.0 Å². The molecule has 1 saturated heterocycles. The van der Waals surface area contributed by atoms with Crippen LogP contribution in [0.25, 0.3) is 0 Å². The van der Waals surface area contributed by atoms with Gasteiger partial charge in [-0.1, -0.05) is 76.3 Å². The number of cyclic esters (lactones) is 1. The molecule has 0 saturated carbocycles. The van der Waals surface area contributed by atoms with Gasteiger partial charge in [0.25, 0.3) is 0 Å². The first-order valence-corrected chi connectivity index (χ1v) is 15.2. The lowest BCUT2D eigenvalue weighted by Crippen LogP contribution is -2.52. The maximum absolute atomic E-state index is 14.0. The SMILES string of the molecule is C/C=C/[C@H](C(=O)N1C(=O)OC[C@@H]1Cc1ccccc1)[C@H](O[Si](C)(C)C(C)(C)C(C)C)/C(C)=C/C. The van der Waals surface area contributed by atoms with Gasteiger partial charge in [-0.05, 0) is 62.4 Å². The van der Waals surface area contributed by atoms with Gasteiger partial charge in [0.1, 0.15) is 6.61 Å². The second-order valence-electron chi connectivity index (χ2n) is 10.6. The predicted molar refractivity (Wildman–Crippen MR) is 141 cm³/mol. The highest BCUT2D eigenvalue weighted by Crippen LogP contribution is 2.46. The molecule has 1 aromatic rings. The van der Waals surface area contributed by atoms with Gasteiger partial charge >= 0.3 is 6.09 Å². The van der Waals surface area contributed by atoms with Crippen molar-refractivity contribution in [3.05, 3.63) is 59.7 Å². The molecule has 1 heterocycles. The fraction of sp³-hybridized carbons (Fsp3) is 0.571. The van der Waals surface area contributed by atoms with E-state index in [2.05, 4.69) is 40.8 Å². The molecular weight excluding hydrogens is 442 g/mol. The van der Waals surface area contributed by atoms with Gasteiger partial charge in [-0.15, -0.1) is 0 Å². The van der Waals surface area contributed by atoms with E-state index in [0.717, 1.165) is 11.1 Å². The number of amides is 2. The van der Waals surface area contributed by atoms with Crippen molar-refractivity contribution in [2.75, 3.05) is 6.61 Å². The van der Waals surface area contributed by atoms with Crippen molar-refractivity contribution in [2.45, 2.75) is 85.2 Å². The van der Waals surface area contributed by atoms with Crippen LogP contribution in [0, 0.1) is 11.8 Å². The Morgan fingerprint density at radius 2 is 1.85 bits per heavy atom. The lowest BCUT2D eigenvalue weighted by atomic mass is 9.93. The largest absolute Gasteiger partial charge is 0.447 e. The van der Waals surface area contributed by atoms with E-state index in [-0.39, 0.29) is 23.6 Å². The molecule has 3 atom stereocenters. The lowest BCUT2D eigenvalue weighted by molar-refractivity contribution is -0.134. The van der Waals surface area contributed by atoms with Gasteiger partial charge in [-0.25, -0.2) is 9.69 Å². The summed E-state index contributed by atoms with van der Waals surface area (Å²) in [5.74, 6) is -0.444. The number of nitrogens with zero attached hydrogens (tertiary/aromatic N) is 1. The Hall–Kier alpha value is -2.18. The molecule has 0 N–H and O–H groups in total.